The van der Waals surface area contributed by atoms with E-state index in [1.807, 2.05) is 0 Å². The summed E-state index contributed by atoms with van der Waals surface area (Å²) in [6, 6.07) is 0. The van der Waals surface area contributed by atoms with Crippen molar-refractivity contribution in [1.29, 1.82) is 0 Å². The molecule has 0 saturated heterocycles. The molecule has 0 radical (unpaired) electrons. The van der Waals surface area contributed by atoms with Gasteiger partial charge in [0, 0.05) is 0 Å². The summed E-state index contributed by atoms with van der Waals surface area (Å²) >= 11 is 0. The highest BCUT2D eigenvalue weighted by Crippen LogP contribution is 2.25. The predicted molar refractivity (Wildman–Crippen MR) is 41.1 cm³/mol. The molecular weight excluding hydrogens is 171 g/mol. The fraction of sp³-hybridized carbons (Fsp3) is 0. The maximum atomic E-state index is 8.88. The zero-order chi connectivity index (χ0) is 8.04. The lowest BCUT2D eigenvalue weighted by Gasteiger charge is -1.82. The monoisotopic (exact) mass is 180 g/mol. The van der Waals surface area contributed by atoms with Crippen molar-refractivity contribution in [3.8, 4) is 0 Å². The molecule has 1 aliphatic heterocycles. The van der Waals surface area contributed by atoms with E-state index in [0.717, 1.165) is 0 Å². The molecule has 0 amide bonds. The fourth-order valence-electron chi connectivity index (χ4n) is 0.393. The van der Waals surface area contributed by atoms with E-state index in [4.69, 9.17) is 19.2 Å². The van der Waals surface area contributed by atoms with Crippen molar-refractivity contribution in [3.05, 3.63) is 23.6 Å². The van der Waals surface area contributed by atoms with Crippen LogP contribution >= 0.6 is 7.82 Å². The van der Waals surface area contributed by atoms with Crippen LogP contribution in [0.15, 0.2) is 23.6 Å². The Balaban J connectivity index is 0.000000162. The first-order valence-electron chi connectivity index (χ1n) is 2.60. The quantitative estimate of drug-likeness (QED) is 0.339. The Hall–Kier alpha value is -0.193. The summed E-state index contributed by atoms with van der Waals surface area (Å²) in [5.41, 5.74) is 4.53. The number of phosphoric acid groups is 1. The molecule has 0 bridgehead atoms. The third kappa shape index (κ3) is 15.7. The molecule has 0 aromatic carbocycles. The van der Waals surface area contributed by atoms with Crippen molar-refractivity contribution < 1.29 is 19.2 Å². The standard InChI is InChI=1S/C4H6Si.H3O4P/c1-2-4-5-3-1;1-5(2,3)4/h1-4H,5H2;(H3,1,2,3,4). The van der Waals surface area contributed by atoms with Crippen LogP contribution in [0.5, 0.6) is 0 Å². The molecule has 58 valence electrons. The van der Waals surface area contributed by atoms with Crippen molar-refractivity contribution in [1.82, 2.24) is 0 Å². The Morgan fingerprint density at radius 1 is 1.10 bits per heavy atom. The first-order chi connectivity index (χ1) is 4.50. The van der Waals surface area contributed by atoms with E-state index in [9.17, 15) is 0 Å². The van der Waals surface area contributed by atoms with E-state index in [2.05, 4.69) is 23.6 Å². The molecule has 0 aromatic heterocycles. The lowest BCUT2D eigenvalue weighted by atomic mass is 10.6. The van der Waals surface area contributed by atoms with Crippen LogP contribution in [-0.2, 0) is 4.57 Å². The second kappa shape index (κ2) is 4.60. The molecule has 0 saturated carbocycles. The highest BCUT2D eigenvalue weighted by atomic mass is 31.2. The molecule has 0 spiro atoms. The Kier molecular flexibility index (Phi) is 4.51. The van der Waals surface area contributed by atoms with Crippen molar-refractivity contribution in [2.24, 2.45) is 0 Å². The van der Waals surface area contributed by atoms with Crippen molar-refractivity contribution in [3.63, 3.8) is 0 Å². The van der Waals surface area contributed by atoms with Crippen LogP contribution in [0.3, 0.4) is 0 Å². The Morgan fingerprint density at radius 3 is 1.50 bits per heavy atom. The van der Waals surface area contributed by atoms with E-state index in [1.54, 1.807) is 0 Å². The first kappa shape index (κ1) is 9.81. The smallest absolute Gasteiger partial charge is 0.303 e. The minimum Gasteiger partial charge on any atom is -0.303 e. The molecule has 0 aliphatic carbocycles. The van der Waals surface area contributed by atoms with Gasteiger partial charge in [0.2, 0.25) is 0 Å². The van der Waals surface area contributed by atoms with Gasteiger partial charge in [0.05, 0.1) is 9.52 Å². The topological polar surface area (TPSA) is 77.8 Å². The molecular formula is C4H9O4PSi. The van der Waals surface area contributed by atoms with Gasteiger partial charge in [-0.2, -0.15) is 0 Å². The van der Waals surface area contributed by atoms with Gasteiger partial charge in [-0.15, -0.1) is 0 Å². The van der Waals surface area contributed by atoms with Gasteiger partial charge in [-0.25, -0.2) is 4.57 Å². The summed E-state index contributed by atoms with van der Waals surface area (Å²) in [5.74, 6) is 0. The molecule has 0 unspecified atom stereocenters. The summed E-state index contributed by atoms with van der Waals surface area (Å²) < 4.78 is 8.88. The normalized spacial score (nSPS) is 14.7. The summed E-state index contributed by atoms with van der Waals surface area (Å²) in [6.45, 7) is 0. The van der Waals surface area contributed by atoms with Crippen LogP contribution in [0.2, 0.25) is 0 Å². The maximum absolute atomic E-state index is 8.88. The van der Waals surface area contributed by atoms with Gasteiger partial charge >= 0.3 is 7.82 Å². The van der Waals surface area contributed by atoms with E-state index in [1.165, 1.54) is 0 Å². The third-order valence-corrected chi connectivity index (χ3v) is 1.74. The summed E-state index contributed by atoms with van der Waals surface area (Å²) in [6.07, 6.45) is 4.23. The van der Waals surface area contributed by atoms with E-state index in [-0.39, 0.29) is 9.52 Å². The molecule has 1 aliphatic rings. The summed E-state index contributed by atoms with van der Waals surface area (Å²) in [7, 11) is -4.46. The van der Waals surface area contributed by atoms with Gasteiger partial charge in [0.1, 0.15) is 0 Å². The van der Waals surface area contributed by atoms with Crippen LogP contribution in [0, 0.1) is 0 Å². The predicted octanol–water partition coefficient (Wildman–Crippen LogP) is -0.732. The molecule has 10 heavy (non-hydrogen) atoms. The van der Waals surface area contributed by atoms with E-state index < -0.39 is 7.82 Å². The second-order valence-electron chi connectivity index (χ2n) is 1.61. The highest BCUT2D eigenvalue weighted by molar-refractivity contribution is 7.45. The largest absolute Gasteiger partial charge is 0.466 e. The number of rotatable bonds is 0. The summed E-state index contributed by atoms with van der Waals surface area (Å²) in [4.78, 5) is 21.6. The minimum atomic E-state index is -4.64. The Labute approximate surface area is 61.0 Å². The molecule has 6 heteroatoms. The van der Waals surface area contributed by atoms with Gasteiger partial charge in [-0.05, 0) is 0 Å². The van der Waals surface area contributed by atoms with Crippen molar-refractivity contribution in [2.45, 2.75) is 0 Å². The zero-order valence-corrected chi connectivity index (χ0v) is 7.52. The summed E-state index contributed by atoms with van der Waals surface area (Å²) in [5, 5.41) is 0. The molecule has 3 N–H and O–H groups in total. The average Bonchev–Trinajstić information content (AvgIpc) is 2.07. The highest BCUT2D eigenvalue weighted by Gasteiger charge is 2.00. The van der Waals surface area contributed by atoms with Crippen LogP contribution in [0.1, 0.15) is 0 Å². The van der Waals surface area contributed by atoms with Gasteiger partial charge in [0.15, 0.2) is 0 Å². The van der Waals surface area contributed by atoms with E-state index >= 15 is 0 Å². The Morgan fingerprint density at radius 2 is 1.40 bits per heavy atom. The number of hydrogen-bond acceptors (Lipinski definition) is 1. The lowest BCUT2D eigenvalue weighted by Crippen LogP contribution is -1.66. The van der Waals surface area contributed by atoms with Gasteiger partial charge in [-0.3, -0.25) is 0 Å². The molecule has 0 atom stereocenters. The number of allylic oxidation sites excluding steroid dienone is 2. The maximum Gasteiger partial charge on any atom is 0.466 e. The first-order valence-corrected chi connectivity index (χ1v) is 5.80. The number of hydrogen-bond donors (Lipinski definition) is 3. The zero-order valence-electron chi connectivity index (χ0n) is 5.21. The third-order valence-electron chi connectivity index (χ3n) is 0.655. The molecule has 1 rings (SSSR count). The lowest BCUT2D eigenvalue weighted by molar-refractivity contribution is 0.275. The molecule has 0 aromatic rings. The van der Waals surface area contributed by atoms with Gasteiger partial charge < -0.3 is 14.7 Å². The van der Waals surface area contributed by atoms with Gasteiger partial charge in [-0.1, -0.05) is 23.6 Å². The van der Waals surface area contributed by atoms with Crippen LogP contribution in [0.4, 0.5) is 0 Å². The minimum absolute atomic E-state index is 0.182. The molecule has 4 nitrogen and oxygen atoms in total. The molecule has 0 fully saturated rings. The van der Waals surface area contributed by atoms with Gasteiger partial charge in [0.25, 0.3) is 0 Å². The Bertz CT molecular complexity index is 163. The van der Waals surface area contributed by atoms with Crippen molar-refractivity contribution in [2.75, 3.05) is 0 Å². The SMILES string of the molecule is C1=C[SiH2]C=C1.O=P(O)(O)O. The second-order valence-corrected chi connectivity index (χ2v) is 4.05. The van der Waals surface area contributed by atoms with Crippen LogP contribution < -0.4 is 0 Å². The van der Waals surface area contributed by atoms with E-state index in [0.29, 0.717) is 0 Å². The fourth-order valence-corrected chi connectivity index (χ4v) is 1.18. The van der Waals surface area contributed by atoms with Crippen LogP contribution in [-0.4, -0.2) is 24.2 Å². The van der Waals surface area contributed by atoms with Crippen molar-refractivity contribution >= 4 is 17.3 Å². The molecule has 1 heterocycles. The average molecular weight is 180 g/mol. The van der Waals surface area contributed by atoms with Crippen LogP contribution in [0.25, 0.3) is 0 Å².